The van der Waals surface area contributed by atoms with Gasteiger partial charge in [-0.05, 0) is 54.6 Å². The van der Waals surface area contributed by atoms with Crippen LogP contribution in [0.2, 0.25) is 0 Å². The Morgan fingerprint density at radius 1 is 1.04 bits per heavy atom. The van der Waals surface area contributed by atoms with Crippen LogP contribution < -0.4 is 4.74 Å². The Labute approximate surface area is 153 Å². The lowest BCUT2D eigenvalue weighted by Crippen LogP contribution is -2.12. The minimum atomic E-state index is -1.35. The summed E-state index contributed by atoms with van der Waals surface area (Å²) >= 11 is 0. The summed E-state index contributed by atoms with van der Waals surface area (Å²) in [6, 6.07) is 13.6. The molecule has 0 bridgehead atoms. The summed E-state index contributed by atoms with van der Waals surface area (Å²) in [7, 11) is 0. The minimum Gasteiger partial charge on any atom is -0.475 e. The standard InChI is InChI=1S/C19H15FN2O5/c20-12-3-7-14(8-4-12)27-13-5-1-11(2-6-13)15-9-16(17(24)10-23)22-18(21-15)19(25)26/h1-9,17,23-24H,10H2,(H,25,26). The van der Waals surface area contributed by atoms with E-state index in [2.05, 4.69) is 9.97 Å². The third-order valence-corrected chi connectivity index (χ3v) is 3.65. The van der Waals surface area contributed by atoms with Crippen LogP contribution in [0, 0.1) is 5.82 Å². The Balaban J connectivity index is 1.88. The van der Waals surface area contributed by atoms with Crippen LogP contribution in [0.3, 0.4) is 0 Å². The fourth-order valence-corrected chi connectivity index (χ4v) is 2.31. The zero-order chi connectivity index (χ0) is 19.4. The van der Waals surface area contributed by atoms with Gasteiger partial charge in [0.05, 0.1) is 18.0 Å². The van der Waals surface area contributed by atoms with Crippen molar-refractivity contribution in [3.8, 4) is 22.8 Å². The van der Waals surface area contributed by atoms with E-state index in [0.717, 1.165) is 0 Å². The molecule has 27 heavy (non-hydrogen) atoms. The van der Waals surface area contributed by atoms with Crippen LogP contribution in [0.25, 0.3) is 11.3 Å². The lowest BCUT2D eigenvalue weighted by Gasteiger charge is -2.10. The van der Waals surface area contributed by atoms with Crippen LogP contribution in [0.5, 0.6) is 11.5 Å². The molecule has 1 heterocycles. The quantitative estimate of drug-likeness (QED) is 0.611. The number of hydrogen-bond acceptors (Lipinski definition) is 6. The Hall–Kier alpha value is -3.36. The number of aromatic carboxylic acids is 1. The van der Waals surface area contributed by atoms with E-state index < -0.39 is 24.5 Å². The number of carbonyl (C=O) groups is 1. The van der Waals surface area contributed by atoms with Gasteiger partial charge in [-0.25, -0.2) is 19.2 Å². The molecule has 0 spiro atoms. The van der Waals surface area contributed by atoms with Gasteiger partial charge in [-0.1, -0.05) is 0 Å². The normalized spacial score (nSPS) is 11.8. The molecule has 0 radical (unpaired) electrons. The van der Waals surface area contributed by atoms with Gasteiger partial charge in [0.2, 0.25) is 5.82 Å². The molecule has 3 N–H and O–H groups in total. The van der Waals surface area contributed by atoms with E-state index in [4.69, 9.17) is 14.9 Å². The molecule has 0 aliphatic rings. The highest BCUT2D eigenvalue weighted by Crippen LogP contribution is 2.26. The van der Waals surface area contributed by atoms with E-state index in [1.807, 2.05) is 0 Å². The summed E-state index contributed by atoms with van der Waals surface area (Å²) in [6.45, 7) is -0.597. The van der Waals surface area contributed by atoms with E-state index in [9.17, 15) is 14.3 Å². The second-order valence-electron chi connectivity index (χ2n) is 5.59. The van der Waals surface area contributed by atoms with Gasteiger partial charge in [0, 0.05) is 5.56 Å². The van der Waals surface area contributed by atoms with E-state index in [1.165, 1.54) is 30.3 Å². The van der Waals surface area contributed by atoms with E-state index >= 15 is 0 Å². The van der Waals surface area contributed by atoms with Crippen molar-refractivity contribution in [1.82, 2.24) is 9.97 Å². The van der Waals surface area contributed by atoms with Crippen molar-refractivity contribution in [2.45, 2.75) is 6.10 Å². The number of ether oxygens (including phenoxy) is 1. The summed E-state index contributed by atoms with van der Waals surface area (Å²) in [6.07, 6.45) is -1.31. The molecule has 3 rings (SSSR count). The molecule has 0 aliphatic carbocycles. The van der Waals surface area contributed by atoms with Gasteiger partial charge < -0.3 is 20.1 Å². The maximum Gasteiger partial charge on any atom is 0.373 e. The predicted octanol–water partition coefficient (Wildman–Crippen LogP) is 2.80. The highest BCUT2D eigenvalue weighted by atomic mass is 19.1. The number of rotatable bonds is 6. The Morgan fingerprint density at radius 3 is 2.19 bits per heavy atom. The topological polar surface area (TPSA) is 113 Å². The molecule has 7 nitrogen and oxygen atoms in total. The summed E-state index contributed by atoms with van der Waals surface area (Å²) in [5.74, 6) is -1.24. The molecular weight excluding hydrogens is 355 g/mol. The number of aromatic nitrogens is 2. The summed E-state index contributed by atoms with van der Waals surface area (Å²) < 4.78 is 18.5. The third kappa shape index (κ3) is 4.43. The molecular formula is C19H15FN2O5. The second-order valence-corrected chi connectivity index (χ2v) is 5.59. The minimum absolute atomic E-state index is 0.00605. The number of nitrogens with zero attached hydrogens (tertiary/aromatic N) is 2. The van der Waals surface area contributed by atoms with Crippen LogP contribution in [-0.4, -0.2) is 37.9 Å². The highest BCUT2D eigenvalue weighted by molar-refractivity contribution is 5.84. The molecule has 0 amide bonds. The first kappa shape index (κ1) is 18.4. The van der Waals surface area contributed by atoms with Crippen LogP contribution in [0.1, 0.15) is 22.4 Å². The molecule has 0 saturated carbocycles. The first-order chi connectivity index (χ1) is 13.0. The van der Waals surface area contributed by atoms with Crippen molar-refractivity contribution in [2.24, 2.45) is 0 Å². The summed E-state index contributed by atoms with van der Waals surface area (Å²) in [5.41, 5.74) is 0.850. The molecule has 2 aromatic carbocycles. The zero-order valence-electron chi connectivity index (χ0n) is 13.9. The number of carboxylic acids is 1. The van der Waals surface area contributed by atoms with Crippen molar-refractivity contribution >= 4 is 5.97 Å². The van der Waals surface area contributed by atoms with Gasteiger partial charge >= 0.3 is 5.97 Å². The first-order valence-corrected chi connectivity index (χ1v) is 7.91. The largest absolute Gasteiger partial charge is 0.475 e. The van der Waals surface area contributed by atoms with E-state index in [-0.39, 0.29) is 17.2 Å². The average Bonchev–Trinajstić information content (AvgIpc) is 2.69. The Bertz CT molecular complexity index is 945. The van der Waals surface area contributed by atoms with Crippen LogP contribution in [-0.2, 0) is 0 Å². The molecule has 138 valence electrons. The molecule has 1 unspecified atom stereocenters. The maximum absolute atomic E-state index is 12.9. The average molecular weight is 370 g/mol. The monoisotopic (exact) mass is 370 g/mol. The fraction of sp³-hybridized carbons (Fsp3) is 0.105. The number of halogens is 1. The van der Waals surface area contributed by atoms with Crippen molar-refractivity contribution in [1.29, 1.82) is 0 Å². The summed E-state index contributed by atoms with van der Waals surface area (Å²) in [4.78, 5) is 18.9. The van der Waals surface area contributed by atoms with Gasteiger partial charge in [-0.3, -0.25) is 0 Å². The highest BCUT2D eigenvalue weighted by Gasteiger charge is 2.16. The molecule has 1 atom stereocenters. The SMILES string of the molecule is O=C(O)c1nc(-c2ccc(Oc3ccc(F)cc3)cc2)cc(C(O)CO)n1. The predicted molar refractivity (Wildman–Crippen MR) is 92.9 cm³/mol. The third-order valence-electron chi connectivity index (χ3n) is 3.65. The van der Waals surface area contributed by atoms with Crippen LogP contribution in [0.15, 0.2) is 54.6 Å². The number of benzene rings is 2. The van der Waals surface area contributed by atoms with Crippen molar-refractivity contribution in [3.63, 3.8) is 0 Å². The van der Waals surface area contributed by atoms with Crippen molar-refractivity contribution in [2.75, 3.05) is 6.61 Å². The number of hydrogen-bond donors (Lipinski definition) is 3. The molecule has 0 saturated heterocycles. The smallest absolute Gasteiger partial charge is 0.373 e. The molecule has 8 heteroatoms. The first-order valence-electron chi connectivity index (χ1n) is 7.91. The molecule has 3 aromatic rings. The van der Waals surface area contributed by atoms with E-state index in [1.54, 1.807) is 24.3 Å². The van der Waals surface area contributed by atoms with Gasteiger partial charge in [-0.15, -0.1) is 0 Å². The van der Waals surface area contributed by atoms with Crippen LogP contribution in [0.4, 0.5) is 4.39 Å². The van der Waals surface area contributed by atoms with E-state index in [0.29, 0.717) is 17.1 Å². The molecule has 0 aliphatic heterocycles. The fourth-order valence-electron chi connectivity index (χ4n) is 2.31. The lowest BCUT2D eigenvalue weighted by atomic mass is 10.1. The zero-order valence-corrected chi connectivity index (χ0v) is 13.9. The van der Waals surface area contributed by atoms with Gasteiger partial charge in [0.15, 0.2) is 0 Å². The number of aliphatic hydroxyl groups is 2. The van der Waals surface area contributed by atoms with Gasteiger partial charge in [0.1, 0.15) is 23.4 Å². The maximum atomic E-state index is 12.9. The molecule has 1 aromatic heterocycles. The summed E-state index contributed by atoms with van der Waals surface area (Å²) in [5, 5.41) is 28.0. The van der Waals surface area contributed by atoms with Crippen molar-refractivity contribution < 1.29 is 29.2 Å². The number of aliphatic hydroxyl groups excluding tert-OH is 2. The van der Waals surface area contributed by atoms with Crippen molar-refractivity contribution in [3.05, 3.63) is 71.9 Å². The lowest BCUT2D eigenvalue weighted by molar-refractivity contribution is 0.0677. The van der Waals surface area contributed by atoms with Gasteiger partial charge in [-0.2, -0.15) is 0 Å². The van der Waals surface area contributed by atoms with Gasteiger partial charge in [0.25, 0.3) is 0 Å². The van der Waals surface area contributed by atoms with Crippen LogP contribution >= 0.6 is 0 Å². The Morgan fingerprint density at radius 2 is 1.63 bits per heavy atom. The Kier molecular flexibility index (Phi) is 5.39. The molecule has 0 fully saturated rings. The number of carboxylic acid groups (broad SMARTS) is 1. The second kappa shape index (κ2) is 7.90.